The second-order valence-electron chi connectivity index (χ2n) is 9.56. The number of allylic oxidation sites excluding steroid dienone is 1. The number of furan rings is 1. The maximum absolute atomic E-state index is 14.1. The van der Waals surface area contributed by atoms with Crippen LogP contribution in [0.3, 0.4) is 0 Å². The number of β-amino-alcohol motifs (C(OH)–C–C–N with tert-alkyl or cyclic N) is 1. The fourth-order valence-corrected chi connectivity index (χ4v) is 5.69. The Kier molecular flexibility index (Phi) is 7.51. The number of benzene rings is 1. The standard InChI is InChI=1S/C26H29Cl2FN4O4/c1-15(24-20(27)3-4-21(29)25(24)28)37-33-22(30)5-2-18-19(14-36-26(18)33)16-6-9-31(10-7-16)13-23(35)32-11-8-17(34)12-32/h3-6,14-15,17,34H,2,7-13,30H2,1H3/t15-,17?/m1/s1. The van der Waals surface area contributed by atoms with Crippen LogP contribution in [0.2, 0.25) is 10.0 Å². The quantitative estimate of drug-likeness (QED) is 0.518. The highest BCUT2D eigenvalue weighted by Gasteiger charge is 2.31. The molecule has 0 aliphatic carbocycles. The SMILES string of the molecule is C[C@@H](ON1C(N)=CCc2c(C3=CCN(CC(=O)N4CCC(O)C4)CC3)coc21)c1c(Cl)ccc(F)c1Cl. The molecule has 0 radical (unpaired) electrons. The van der Waals surface area contributed by atoms with Crippen molar-refractivity contribution in [2.75, 3.05) is 37.8 Å². The number of halogens is 3. The number of carbonyl (C=O) groups is 1. The number of carbonyl (C=O) groups excluding carboxylic acids is 1. The van der Waals surface area contributed by atoms with Gasteiger partial charge in [-0.25, -0.2) is 4.39 Å². The molecule has 4 heterocycles. The van der Waals surface area contributed by atoms with Gasteiger partial charge in [-0.05, 0) is 43.5 Å². The van der Waals surface area contributed by atoms with Crippen LogP contribution >= 0.6 is 23.2 Å². The van der Waals surface area contributed by atoms with Crippen LogP contribution in [0.25, 0.3) is 5.57 Å². The third-order valence-corrected chi connectivity index (χ3v) is 7.78. The average molecular weight is 551 g/mol. The molecule has 3 N–H and O–H groups in total. The van der Waals surface area contributed by atoms with E-state index in [0.29, 0.717) is 56.3 Å². The van der Waals surface area contributed by atoms with E-state index in [-0.39, 0.29) is 16.0 Å². The summed E-state index contributed by atoms with van der Waals surface area (Å²) in [6.45, 7) is 4.45. The molecule has 3 aliphatic heterocycles. The van der Waals surface area contributed by atoms with E-state index in [4.69, 9.17) is 38.2 Å². The molecule has 3 aliphatic rings. The number of aliphatic hydroxyl groups is 1. The first-order chi connectivity index (χ1) is 17.7. The maximum Gasteiger partial charge on any atom is 0.236 e. The van der Waals surface area contributed by atoms with Gasteiger partial charge in [-0.3, -0.25) is 14.5 Å². The summed E-state index contributed by atoms with van der Waals surface area (Å²) in [4.78, 5) is 22.4. The number of rotatable bonds is 6. The van der Waals surface area contributed by atoms with Crippen molar-refractivity contribution in [2.45, 2.75) is 38.4 Å². The number of aliphatic hydroxyl groups excluding tert-OH is 1. The van der Waals surface area contributed by atoms with Crippen molar-refractivity contribution in [3.05, 3.63) is 68.9 Å². The lowest BCUT2D eigenvalue weighted by molar-refractivity contribution is -0.131. The zero-order valence-electron chi connectivity index (χ0n) is 20.4. The van der Waals surface area contributed by atoms with Crippen molar-refractivity contribution in [1.82, 2.24) is 9.80 Å². The Morgan fingerprint density at radius 2 is 2.14 bits per heavy atom. The summed E-state index contributed by atoms with van der Waals surface area (Å²) >= 11 is 12.4. The largest absolute Gasteiger partial charge is 0.445 e. The van der Waals surface area contributed by atoms with Crippen LogP contribution in [0.4, 0.5) is 10.3 Å². The minimum Gasteiger partial charge on any atom is -0.445 e. The zero-order valence-corrected chi connectivity index (χ0v) is 21.9. The molecule has 5 rings (SSSR count). The first-order valence-corrected chi connectivity index (χ1v) is 13.0. The monoisotopic (exact) mass is 550 g/mol. The van der Waals surface area contributed by atoms with Gasteiger partial charge >= 0.3 is 0 Å². The minimum atomic E-state index is -0.709. The van der Waals surface area contributed by atoms with Crippen LogP contribution in [0, 0.1) is 5.82 Å². The molecular formula is C26H29Cl2FN4O4. The Hall–Kier alpha value is -2.56. The van der Waals surface area contributed by atoms with Gasteiger partial charge in [-0.1, -0.05) is 29.3 Å². The molecule has 2 atom stereocenters. The molecule has 1 saturated heterocycles. The fourth-order valence-electron chi connectivity index (χ4n) is 5.01. The Labute approximate surface area is 224 Å². The predicted molar refractivity (Wildman–Crippen MR) is 139 cm³/mol. The Balaban J connectivity index is 1.29. The van der Waals surface area contributed by atoms with Crippen LogP contribution in [0.15, 0.2) is 40.8 Å². The number of amides is 1. The predicted octanol–water partition coefficient (Wildman–Crippen LogP) is 4.26. The summed E-state index contributed by atoms with van der Waals surface area (Å²) in [5, 5.41) is 11.3. The Bertz CT molecular complexity index is 1260. The smallest absolute Gasteiger partial charge is 0.236 e. The fraction of sp³-hybridized carbons (Fsp3) is 0.423. The lowest BCUT2D eigenvalue weighted by Gasteiger charge is -2.30. The van der Waals surface area contributed by atoms with Gasteiger partial charge in [0.15, 0.2) is 0 Å². The third kappa shape index (κ3) is 5.24. The number of hydrogen-bond acceptors (Lipinski definition) is 7. The van der Waals surface area contributed by atoms with Gasteiger partial charge in [0, 0.05) is 54.3 Å². The topological polar surface area (TPSA) is 95.4 Å². The summed E-state index contributed by atoms with van der Waals surface area (Å²) in [6.07, 6.45) is 6.48. The van der Waals surface area contributed by atoms with Crippen molar-refractivity contribution in [2.24, 2.45) is 5.73 Å². The number of likely N-dealkylation sites (tertiary alicyclic amines) is 1. The van der Waals surface area contributed by atoms with Crippen molar-refractivity contribution >= 4 is 40.6 Å². The molecule has 37 heavy (non-hydrogen) atoms. The highest BCUT2D eigenvalue weighted by atomic mass is 35.5. The van der Waals surface area contributed by atoms with Crippen molar-refractivity contribution in [3.63, 3.8) is 0 Å². The number of nitrogens with two attached hydrogens (primary N) is 1. The highest BCUT2D eigenvalue weighted by molar-refractivity contribution is 6.36. The van der Waals surface area contributed by atoms with E-state index >= 15 is 0 Å². The molecule has 8 nitrogen and oxygen atoms in total. The van der Waals surface area contributed by atoms with Crippen LogP contribution in [0.5, 0.6) is 0 Å². The molecular weight excluding hydrogens is 522 g/mol. The molecule has 198 valence electrons. The highest BCUT2D eigenvalue weighted by Crippen LogP contribution is 2.41. The maximum atomic E-state index is 14.1. The second kappa shape index (κ2) is 10.7. The summed E-state index contributed by atoms with van der Waals surface area (Å²) < 4.78 is 20.0. The second-order valence-corrected chi connectivity index (χ2v) is 10.3. The van der Waals surface area contributed by atoms with Gasteiger partial charge in [0.1, 0.15) is 24.0 Å². The van der Waals surface area contributed by atoms with E-state index < -0.39 is 18.0 Å². The number of fused-ring (bicyclic) bond motifs is 1. The zero-order chi connectivity index (χ0) is 26.3. The third-order valence-electron chi connectivity index (χ3n) is 7.07. The van der Waals surface area contributed by atoms with Gasteiger partial charge in [-0.2, -0.15) is 5.06 Å². The number of anilines is 1. The molecule has 1 unspecified atom stereocenters. The molecule has 2 aromatic rings. The molecule has 0 saturated carbocycles. The lowest BCUT2D eigenvalue weighted by Crippen LogP contribution is -2.41. The van der Waals surface area contributed by atoms with E-state index in [1.54, 1.807) is 18.1 Å². The first-order valence-electron chi connectivity index (χ1n) is 12.3. The van der Waals surface area contributed by atoms with Gasteiger partial charge in [-0.15, -0.1) is 0 Å². The van der Waals surface area contributed by atoms with Crippen LogP contribution in [0.1, 0.15) is 42.6 Å². The Morgan fingerprint density at radius 1 is 1.32 bits per heavy atom. The van der Waals surface area contributed by atoms with E-state index in [2.05, 4.69) is 11.0 Å². The molecule has 1 amide bonds. The summed E-state index contributed by atoms with van der Waals surface area (Å²) in [6, 6.07) is 2.64. The van der Waals surface area contributed by atoms with E-state index in [1.165, 1.54) is 17.2 Å². The Morgan fingerprint density at radius 3 is 2.84 bits per heavy atom. The molecule has 0 spiro atoms. The van der Waals surface area contributed by atoms with E-state index in [9.17, 15) is 14.3 Å². The van der Waals surface area contributed by atoms with Crippen LogP contribution < -0.4 is 10.8 Å². The molecule has 1 fully saturated rings. The van der Waals surface area contributed by atoms with E-state index in [0.717, 1.165) is 29.7 Å². The van der Waals surface area contributed by atoms with Crippen molar-refractivity contribution < 1.29 is 23.5 Å². The van der Waals surface area contributed by atoms with Gasteiger partial charge in [0.25, 0.3) is 0 Å². The van der Waals surface area contributed by atoms with Gasteiger partial charge in [0.2, 0.25) is 11.8 Å². The molecule has 1 aromatic heterocycles. The summed E-state index contributed by atoms with van der Waals surface area (Å²) in [7, 11) is 0. The average Bonchev–Trinajstić information content (AvgIpc) is 3.50. The molecule has 1 aromatic carbocycles. The summed E-state index contributed by atoms with van der Waals surface area (Å²) in [5.41, 5.74) is 9.58. The number of hydrogen-bond donors (Lipinski definition) is 2. The van der Waals surface area contributed by atoms with Crippen molar-refractivity contribution in [1.29, 1.82) is 0 Å². The van der Waals surface area contributed by atoms with Crippen LogP contribution in [-0.4, -0.2) is 59.6 Å². The number of hydroxylamine groups is 1. The van der Waals surface area contributed by atoms with Crippen LogP contribution in [-0.2, 0) is 16.1 Å². The lowest BCUT2D eigenvalue weighted by atomic mass is 9.96. The normalized spacial score (nSPS) is 21.1. The van der Waals surface area contributed by atoms with E-state index in [1.807, 2.05) is 6.08 Å². The number of nitrogens with zero attached hydrogens (tertiary/aromatic N) is 3. The van der Waals surface area contributed by atoms with Gasteiger partial charge < -0.3 is 20.2 Å². The van der Waals surface area contributed by atoms with Gasteiger partial charge in [0.05, 0.1) is 17.7 Å². The molecule has 11 heteroatoms. The minimum absolute atomic E-state index is 0.0510. The summed E-state index contributed by atoms with van der Waals surface area (Å²) in [5.74, 6) is 0.266. The molecule has 0 bridgehead atoms. The first kappa shape index (κ1) is 26.1. The van der Waals surface area contributed by atoms with Crippen molar-refractivity contribution in [3.8, 4) is 0 Å².